The van der Waals surface area contributed by atoms with Gasteiger partial charge in [0.05, 0.1) is 35.1 Å². The molecule has 1 fully saturated rings. The van der Waals surface area contributed by atoms with Crippen LogP contribution in [0.15, 0.2) is 5.57 Å². The third-order valence-electron chi connectivity index (χ3n) is 10.1. The van der Waals surface area contributed by atoms with E-state index in [2.05, 4.69) is 11.4 Å². The smallest absolute Gasteiger partial charge is 0.410 e. The molecule has 6 N–H and O–H groups in total. The van der Waals surface area contributed by atoms with E-state index < -0.39 is 17.1 Å². The van der Waals surface area contributed by atoms with Gasteiger partial charge in [-0.2, -0.15) is 10.2 Å². The molecule has 272 valence electrons. The number of aryl methyl sites for hydroxylation is 1. The lowest BCUT2D eigenvalue weighted by molar-refractivity contribution is -0.122. The molecule has 2 aromatic heterocycles. The fraction of sp³-hybridized carbons (Fsp3) is 0.649. The summed E-state index contributed by atoms with van der Waals surface area (Å²) >= 11 is 1.42. The highest BCUT2D eigenvalue weighted by Gasteiger charge is 2.49. The summed E-state index contributed by atoms with van der Waals surface area (Å²) in [5.74, 6) is 0.439. The van der Waals surface area contributed by atoms with Crippen molar-refractivity contribution in [2.75, 3.05) is 39.0 Å². The number of aliphatic hydroxyl groups is 1. The van der Waals surface area contributed by atoms with Crippen molar-refractivity contribution in [3.63, 3.8) is 0 Å². The van der Waals surface area contributed by atoms with Gasteiger partial charge >= 0.3 is 6.09 Å². The second-order valence-corrected chi connectivity index (χ2v) is 16.0. The van der Waals surface area contributed by atoms with Crippen molar-refractivity contribution >= 4 is 33.9 Å². The van der Waals surface area contributed by atoms with Gasteiger partial charge in [0.1, 0.15) is 16.7 Å². The van der Waals surface area contributed by atoms with Crippen LogP contribution in [0.1, 0.15) is 124 Å². The standard InChI is InChI=1S/C37H53N7O5S/c1-22(10-6-7-17-41-5)48-34-25-14-13-23(21-44(18-19-45)35(47)49-36(2,3)4)30(25)42-33(43-34)29(39)24-11-8-15-37(31(24)46)16-9-12-27-28(37)26(20-38)32(40)50-27/h22-23,41,45H,6-19,21,39-40H2,1-5H3/b29-24-/t22-,23+,37-/m0/s1. The van der Waals surface area contributed by atoms with Crippen molar-refractivity contribution in [1.82, 2.24) is 20.2 Å². The molecule has 0 unspecified atom stereocenters. The van der Waals surface area contributed by atoms with E-state index in [9.17, 15) is 20.0 Å². The number of nitrogens with one attached hydrogen (secondary N) is 1. The number of ether oxygens (including phenoxy) is 2. The predicted molar refractivity (Wildman–Crippen MR) is 194 cm³/mol. The molecule has 0 aromatic carbocycles. The van der Waals surface area contributed by atoms with Crippen molar-refractivity contribution in [3.8, 4) is 11.9 Å². The molecule has 1 amide bonds. The molecule has 3 aliphatic carbocycles. The van der Waals surface area contributed by atoms with Crippen molar-refractivity contribution in [1.29, 1.82) is 5.26 Å². The number of aromatic nitrogens is 2. The molecule has 5 rings (SSSR count). The normalized spacial score (nSPS) is 21.7. The fourth-order valence-corrected chi connectivity index (χ4v) is 8.94. The number of thiophene rings is 1. The van der Waals surface area contributed by atoms with Crippen LogP contribution in [0, 0.1) is 11.3 Å². The Labute approximate surface area is 299 Å². The van der Waals surface area contributed by atoms with Crippen LogP contribution in [0.3, 0.4) is 0 Å². The highest BCUT2D eigenvalue weighted by molar-refractivity contribution is 7.16. The maximum atomic E-state index is 14.6. The van der Waals surface area contributed by atoms with Crippen LogP contribution in [-0.2, 0) is 27.8 Å². The third-order valence-corrected chi connectivity index (χ3v) is 11.2. The first-order valence-corrected chi connectivity index (χ1v) is 18.8. The van der Waals surface area contributed by atoms with Gasteiger partial charge in [0.15, 0.2) is 11.6 Å². The van der Waals surface area contributed by atoms with Gasteiger partial charge in [-0.05, 0) is 117 Å². The van der Waals surface area contributed by atoms with Gasteiger partial charge in [-0.3, -0.25) is 4.79 Å². The van der Waals surface area contributed by atoms with Crippen LogP contribution in [0.25, 0.3) is 5.70 Å². The molecule has 2 aromatic rings. The van der Waals surface area contributed by atoms with E-state index in [0.717, 1.165) is 66.8 Å². The average molecular weight is 708 g/mol. The Kier molecular flexibility index (Phi) is 11.8. The van der Waals surface area contributed by atoms with Crippen LogP contribution in [0.2, 0.25) is 0 Å². The van der Waals surface area contributed by atoms with E-state index in [1.54, 1.807) is 0 Å². The molecule has 13 heteroatoms. The Bertz CT molecular complexity index is 1660. The minimum atomic E-state index is -0.844. The Morgan fingerprint density at radius 3 is 2.64 bits per heavy atom. The number of nitrogen functional groups attached to an aromatic ring is 1. The molecule has 50 heavy (non-hydrogen) atoms. The van der Waals surface area contributed by atoms with Gasteiger partial charge in [-0.25, -0.2) is 9.78 Å². The molecule has 2 heterocycles. The number of nitrogens with zero attached hydrogens (tertiary/aromatic N) is 4. The minimum Gasteiger partial charge on any atom is -0.474 e. The number of Topliss-reactive ketones (excluding diaryl/α,β-unsaturated/α-hetero) is 1. The maximum Gasteiger partial charge on any atom is 0.410 e. The number of hydrogen-bond acceptors (Lipinski definition) is 12. The molecule has 1 spiro atoms. The Morgan fingerprint density at radius 1 is 1.22 bits per heavy atom. The van der Waals surface area contributed by atoms with Gasteiger partial charge in [0, 0.05) is 35.0 Å². The van der Waals surface area contributed by atoms with Crippen molar-refractivity contribution in [2.24, 2.45) is 5.73 Å². The zero-order valence-corrected chi connectivity index (χ0v) is 31.0. The highest BCUT2D eigenvalue weighted by atomic mass is 32.1. The van der Waals surface area contributed by atoms with E-state index in [0.29, 0.717) is 54.1 Å². The quantitative estimate of drug-likeness (QED) is 0.170. The Hall–Kier alpha value is -3.73. The van der Waals surface area contributed by atoms with Crippen LogP contribution < -0.4 is 21.5 Å². The monoisotopic (exact) mass is 707 g/mol. The molecule has 3 aliphatic rings. The van der Waals surface area contributed by atoms with Gasteiger partial charge in [-0.1, -0.05) is 0 Å². The van der Waals surface area contributed by atoms with E-state index in [1.807, 2.05) is 34.7 Å². The number of amides is 1. The summed E-state index contributed by atoms with van der Waals surface area (Å²) in [5.41, 5.74) is 15.2. The average Bonchev–Trinajstić information content (AvgIpc) is 3.63. The lowest BCUT2D eigenvalue weighted by atomic mass is 9.61. The summed E-state index contributed by atoms with van der Waals surface area (Å²) in [5, 5.41) is 23.5. The van der Waals surface area contributed by atoms with Crippen LogP contribution in [-0.4, -0.2) is 76.8 Å². The lowest BCUT2D eigenvalue weighted by Gasteiger charge is -2.40. The summed E-state index contributed by atoms with van der Waals surface area (Å²) in [6, 6.07) is 2.28. The van der Waals surface area contributed by atoms with Gasteiger partial charge < -0.3 is 36.3 Å². The zero-order chi connectivity index (χ0) is 36.2. The van der Waals surface area contributed by atoms with Gasteiger partial charge in [0.2, 0.25) is 5.88 Å². The number of carbonyl (C=O) groups is 2. The molecular weight excluding hydrogens is 655 g/mol. The number of anilines is 1. The molecule has 0 saturated heterocycles. The van der Waals surface area contributed by atoms with E-state index >= 15 is 0 Å². The van der Waals surface area contributed by atoms with Crippen LogP contribution >= 0.6 is 11.3 Å². The fourth-order valence-electron chi connectivity index (χ4n) is 7.78. The molecule has 12 nitrogen and oxygen atoms in total. The number of hydrogen-bond donors (Lipinski definition) is 4. The summed E-state index contributed by atoms with van der Waals surface area (Å²) < 4.78 is 12.2. The van der Waals surface area contributed by atoms with E-state index in [-0.39, 0.29) is 49.0 Å². The van der Waals surface area contributed by atoms with Gasteiger partial charge in [-0.15, -0.1) is 11.3 Å². The van der Waals surface area contributed by atoms with Crippen molar-refractivity contribution in [2.45, 2.75) is 121 Å². The first-order chi connectivity index (χ1) is 23.8. The first kappa shape index (κ1) is 37.5. The highest BCUT2D eigenvalue weighted by Crippen LogP contribution is 2.52. The zero-order valence-electron chi connectivity index (χ0n) is 30.2. The van der Waals surface area contributed by atoms with Crippen LogP contribution in [0.5, 0.6) is 5.88 Å². The number of rotatable bonds is 12. The molecule has 0 aliphatic heterocycles. The number of carbonyl (C=O) groups excluding carboxylic acids is 2. The van der Waals surface area contributed by atoms with Crippen molar-refractivity contribution < 1.29 is 24.2 Å². The number of unbranched alkanes of at least 4 members (excludes halogenated alkanes) is 1. The second-order valence-electron chi connectivity index (χ2n) is 14.9. The third kappa shape index (κ3) is 7.77. The first-order valence-electron chi connectivity index (χ1n) is 18.0. The number of ketones is 1. The van der Waals surface area contributed by atoms with Crippen LogP contribution in [0.4, 0.5) is 9.80 Å². The van der Waals surface area contributed by atoms with Gasteiger partial charge in [0.25, 0.3) is 0 Å². The predicted octanol–water partition coefficient (Wildman–Crippen LogP) is 5.11. The topological polar surface area (TPSA) is 190 Å². The minimum absolute atomic E-state index is 0.0726. The largest absolute Gasteiger partial charge is 0.474 e. The lowest BCUT2D eigenvalue weighted by Crippen LogP contribution is -2.43. The molecule has 0 bridgehead atoms. The Morgan fingerprint density at radius 2 is 1.96 bits per heavy atom. The molecular formula is C37H53N7O5S. The summed E-state index contributed by atoms with van der Waals surface area (Å²) in [7, 11) is 1.94. The number of fused-ring (bicyclic) bond motifs is 3. The molecule has 3 atom stereocenters. The van der Waals surface area contributed by atoms with E-state index in [4.69, 9.17) is 30.9 Å². The Balaban J connectivity index is 1.54. The number of nitriles is 1. The molecule has 0 radical (unpaired) electrons. The number of allylic oxidation sites excluding steroid dienone is 1. The summed E-state index contributed by atoms with van der Waals surface area (Å²) in [6.07, 6.45) is 7.70. The SMILES string of the molecule is CNCCCC[C@H](C)Oc1nc(/C(N)=C2\CCC[C@@]3(CCCc4sc(N)c(C#N)c43)C2=O)nc2c1CC[C@@H]2CN(CCO)C(=O)OC(C)(C)C. The summed E-state index contributed by atoms with van der Waals surface area (Å²) in [6.45, 7) is 8.59. The van der Waals surface area contributed by atoms with Crippen molar-refractivity contribution in [3.05, 3.63) is 38.7 Å². The maximum absolute atomic E-state index is 14.6. The number of nitrogens with two attached hydrogens (primary N) is 2. The van der Waals surface area contributed by atoms with E-state index in [1.165, 1.54) is 16.2 Å². The second kappa shape index (κ2) is 15.7. The molecule has 1 saturated carbocycles. The number of aliphatic hydroxyl groups excluding tert-OH is 1. The summed E-state index contributed by atoms with van der Waals surface area (Å²) in [4.78, 5) is 40.2.